The Morgan fingerprint density at radius 2 is 1.60 bits per heavy atom. The number of nitrogens with one attached hydrogen (secondary N) is 1. The molecular weight excluding hydrogens is 267 g/mol. The summed E-state index contributed by atoms with van der Waals surface area (Å²) in [4.78, 5) is 11.9. The molecule has 0 aliphatic heterocycles. The molecule has 0 saturated heterocycles. The highest BCUT2D eigenvalue weighted by molar-refractivity contribution is 6.04. The van der Waals surface area contributed by atoms with Crippen molar-refractivity contribution in [3.8, 4) is 0 Å². The van der Waals surface area contributed by atoms with Crippen LogP contribution in [-0.2, 0) is 0 Å². The van der Waals surface area contributed by atoms with Gasteiger partial charge in [0.25, 0.3) is 5.91 Å². The second-order valence-electron chi connectivity index (χ2n) is 4.53. The van der Waals surface area contributed by atoms with Crippen LogP contribution >= 0.6 is 0 Å². The zero-order valence-corrected chi connectivity index (χ0v) is 10.9. The Hall–Kier alpha value is -2.30. The van der Waals surface area contributed by atoms with E-state index in [1.807, 2.05) is 13.0 Å². The number of rotatable bonds is 2. The Balaban J connectivity index is 2.28. The molecule has 0 saturated carbocycles. The largest absolute Gasteiger partial charge is 0.322 e. The van der Waals surface area contributed by atoms with Crippen LogP contribution in [0.5, 0.6) is 0 Å². The number of benzene rings is 2. The number of aryl methyl sites for hydroxylation is 2. The van der Waals surface area contributed by atoms with Crippen LogP contribution in [0.15, 0.2) is 30.3 Å². The minimum absolute atomic E-state index is 0.277. The first-order valence-electron chi connectivity index (χ1n) is 5.91. The minimum Gasteiger partial charge on any atom is -0.322 e. The van der Waals surface area contributed by atoms with Gasteiger partial charge in [-0.05, 0) is 37.6 Å². The molecule has 20 heavy (non-hydrogen) atoms. The predicted molar refractivity (Wildman–Crippen MR) is 70.2 cm³/mol. The van der Waals surface area contributed by atoms with Crippen LogP contribution in [0.25, 0.3) is 0 Å². The number of halogens is 3. The van der Waals surface area contributed by atoms with Crippen molar-refractivity contribution in [2.24, 2.45) is 0 Å². The van der Waals surface area contributed by atoms with Crippen molar-refractivity contribution in [2.45, 2.75) is 13.8 Å². The lowest BCUT2D eigenvalue weighted by molar-refractivity contribution is 0.102. The van der Waals surface area contributed by atoms with Crippen molar-refractivity contribution in [3.05, 3.63) is 64.5 Å². The molecule has 0 radical (unpaired) electrons. The molecule has 1 amide bonds. The third kappa shape index (κ3) is 2.82. The Kier molecular flexibility index (Phi) is 3.79. The minimum atomic E-state index is -1.59. The van der Waals surface area contributed by atoms with Gasteiger partial charge in [-0.2, -0.15) is 0 Å². The molecule has 0 bridgehead atoms. The molecule has 0 unspecified atom stereocenters. The van der Waals surface area contributed by atoms with Crippen LogP contribution < -0.4 is 5.32 Å². The highest BCUT2D eigenvalue weighted by Gasteiger charge is 2.15. The molecule has 0 aliphatic rings. The van der Waals surface area contributed by atoms with Gasteiger partial charge in [0, 0.05) is 11.3 Å². The summed E-state index contributed by atoms with van der Waals surface area (Å²) >= 11 is 0. The predicted octanol–water partition coefficient (Wildman–Crippen LogP) is 3.97. The maximum Gasteiger partial charge on any atom is 0.255 e. The van der Waals surface area contributed by atoms with Gasteiger partial charge in [-0.3, -0.25) is 4.79 Å². The fourth-order valence-corrected chi connectivity index (χ4v) is 1.83. The third-order valence-electron chi connectivity index (χ3n) is 2.88. The van der Waals surface area contributed by atoms with E-state index in [0.717, 1.165) is 11.1 Å². The summed E-state index contributed by atoms with van der Waals surface area (Å²) in [6, 6.07) is 6.68. The highest BCUT2D eigenvalue weighted by atomic mass is 19.2. The third-order valence-corrected chi connectivity index (χ3v) is 2.88. The Morgan fingerprint density at radius 1 is 1.00 bits per heavy atom. The second-order valence-corrected chi connectivity index (χ2v) is 4.53. The Morgan fingerprint density at radius 3 is 2.15 bits per heavy atom. The lowest BCUT2D eigenvalue weighted by Crippen LogP contribution is -2.14. The SMILES string of the molecule is Cc1ccc(NC(=O)c2cc(F)c(F)c(F)c2)c(C)c1. The van der Waals surface area contributed by atoms with E-state index in [2.05, 4.69) is 5.32 Å². The van der Waals surface area contributed by atoms with Crippen molar-refractivity contribution in [1.82, 2.24) is 0 Å². The Labute approximate surface area is 114 Å². The van der Waals surface area contributed by atoms with Gasteiger partial charge in [-0.25, -0.2) is 13.2 Å². The average Bonchev–Trinajstić information content (AvgIpc) is 2.38. The fourth-order valence-electron chi connectivity index (χ4n) is 1.83. The van der Waals surface area contributed by atoms with Crippen LogP contribution in [0.2, 0.25) is 0 Å². The van der Waals surface area contributed by atoms with Crippen LogP contribution in [0, 0.1) is 31.3 Å². The number of amides is 1. The molecule has 2 rings (SSSR count). The number of anilines is 1. The van der Waals surface area contributed by atoms with Crippen molar-refractivity contribution >= 4 is 11.6 Å². The summed E-state index contributed by atoms with van der Waals surface area (Å²) in [6.45, 7) is 3.71. The molecule has 1 N–H and O–H groups in total. The summed E-state index contributed by atoms with van der Waals surface area (Å²) in [6.07, 6.45) is 0. The van der Waals surface area contributed by atoms with E-state index in [1.165, 1.54) is 0 Å². The standard InChI is InChI=1S/C15H12F3NO/c1-8-3-4-13(9(2)5-8)19-15(20)10-6-11(16)14(18)12(17)7-10/h3-7H,1-2H3,(H,19,20). The van der Waals surface area contributed by atoms with E-state index in [1.54, 1.807) is 19.1 Å². The molecule has 2 aromatic rings. The molecule has 5 heteroatoms. The molecule has 0 fully saturated rings. The van der Waals surface area contributed by atoms with E-state index in [0.29, 0.717) is 17.8 Å². The maximum atomic E-state index is 13.1. The molecule has 104 valence electrons. The smallest absolute Gasteiger partial charge is 0.255 e. The van der Waals surface area contributed by atoms with Crippen molar-refractivity contribution in [2.75, 3.05) is 5.32 Å². The van der Waals surface area contributed by atoms with E-state index < -0.39 is 23.4 Å². The number of hydrogen-bond acceptors (Lipinski definition) is 1. The van der Waals surface area contributed by atoms with Gasteiger partial charge in [0.15, 0.2) is 17.5 Å². The van der Waals surface area contributed by atoms with Crippen molar-refractivity contribution in [1.29, 1.82) is 0 Å². The zero-order chi connectivity index (χ0) is 14.9. The zero-order valence-electron chi connectivity index (χ0n) is 10.9. The molecule has 0 aliphatic carbocycles. The molecule has 0 heterocycles. The van der Waals surface area contributed by atoms with E-state index in [9.17, 15) is 18.0 Å². The second kappa shape index (κ2) is 5.36. The number of hydrogen-bond donors (Lipinski definition) is 1. The van der Waals surface area contributed by atoms with E-state index >= 15 is 0 Å². The van der Waals surface area contributed by atoms with Gasteiger partial charge >= 0.3 is 0 Å². The topological polar surface area (TPSA) is 29.1 Å². The average molecular weight is 279 g/mol. The van der Waals surface area contributed by atoms with Gasteiger partial charge in [-0.15, -0.1) is 0 Å². The normalized spacial score (nSPS) is 10.4. The molecule has 0 atom stereocenters. The molecule has 2 nitrogen and oxygen atoms in total. The molecule has 2 aromatic carbocycles. The Bertz CT molecular complexity index is 660. The van der Waals surface area contributed by atoms with Crippen molar-refractivity contribution < 1.29 is 18.0 Å². The first-order chi connectivity index (χ1) is 9.38. The van der Waals surface area contributed by atoms with Gasteiger partial charge in [0.1, 0.15) is 0 Å². The van der Waals surface area contributed by atoms with Gasteiger partial charge < -0.3 is 5.32 Å². The van der Waals surface area contributed by atoms with Crippen LogP contribution in [0.3, 0.4) is 0 Å². The van der Waals surface area contributed by atoms with Crippen LogP contribution in [-0.4, -0.2) is 5.91 Å². The summed E-state index contributed by atoms with van der Waals surface area (Å²) in [5.74, 6) is -5.07. The first-order valence-corrected chi connectivity index (χ1v) is 5.91. The van der Waals surface area contributed by atoms with Crippen LogP contribution in [0.1, 0.15) is 21.5 Å². The van der Waals surface area contributed by atoms with Gasteiger partial charge in [0.05, 0.1) is 0 Å². The maximum absolute atomic E-state index is 13.1. The summed E-state index contributed by atoms with van der Waals surface area (Å²) < 4.78 is 39.0. The molecular formula is C15H12F3NO. The number of carbonyl (C=O) groups is 1. The van der Waals surface area contributed by atoms with E-state index in [-0.39, 0.29) is 5.56 Å². The van der Waals surface area contributed by atoms with Gasteiger partial charge in [-0.1, -0.05) is 17.7 Å². The fraction of sp³-hybridized carbons (Fsp3) is 0.133. The number of carbonyl (C=O) groups excluding carboxylic acids is 1. The van der Waals surface area contributed by atoms with Gasteiger partial charge in [0.2, 0.25) is 0 Å². The quantitative estimate of drug-likeness (QED) is 0.828. The van der Waals surface area contributed by atoms with Crippen molar-refractivity contribution in [3.63, 3.8) is 0 Å². The summed E-state index contributed by atoms with van der Waals surface area (Å²) in [5.41, 5.74) is 2.10. The monoisotopic (exact) mass is 279 g/mol. The summed E-state index contributed by atoms with van der Waals surface area (Å²) in [7, 11) is 0. The lowest BCUT2D eigenvalue weighted by atomic mass is 10.1. The van der Waals surface area contributed by atoms with Crippen LogP contribution in [0.4, 0.5) is 18.9 Å². The lowest BCUT2D eigenvalue weighted by Gasteiger charge is -2.09. The molecule has 0 aromatic heterocycles. The molecule has 0 spiro atoms. The first kappa shape index (κ1) is 14.1. The van der Waals surface area contributed by atoms with E-state index in [4.69, 9.17) is 0 Å². The highest BCUT2D eigenvalue weighted by Crippen LogP contribution is 2.19. The summed E-state index contributed by atoms with van der Waals surface area (Å²) in [5, 5.41) is 2.53.